The molecule has 1 fully saturated rings. The number of carbonyl (C=O) groups is 1. The molecular weight excluding hydrogens is 467 g/mol. The van der Waals surface area contributed by atoms with Gasteiger partial charge in [0, 0.05) is 27.1 Å². The zero-order valence-electron chi connectivity index (χ0n) is 17.2. The number of para-hydroxylation sites is 1. The minimum atomic E-state index is -0.341. The van der Waals surface area contributed by atoms with Gasteiger partial charge in [-0.1, -0.05) is 31.0 Å². The second kappa shape index (κ2) is 10.3. The van der Waals surface area contributed by atoms with Crippen molar-refractivity contribution >= 4 is 35.8 Å². The fourth-order valence-corrected chi connectivity index (χ4v) is 4.12. The number of rotatable bonds is 6. The molecule has 1 aliphatic heterocycles. The number of fused-ring (bicyclic) bond motifs is 1. The van der Waals surface area contributed by atoms with Crippen molar-refractivity contribution in [1.29, 1.82) is 0 Å². The third-order valence-electron chi connectivity index (χ3n) is 5.52. The summed E-state index contributed by atoms with van der Waals surface area (Å²) >= 11 is 0. The molecule has 1 aromatic rings. The Kier molecular flexibility index (Phi) is 8.39. The molecule has 0 spiro atoms. The molecule has 6 nitrogen and oxygen atoms in total. The van der Waals surface area contributed by atoms with Crippen LogP contribution >= 0.6 is 24.0 Å². The highest BCUT2D eigenvalue weighted by Crippen LogP contribution is 2.39. The Morgan fingerprint density at radius 2 is 1.96 bits per heavy atom. The molecule has 1 heterocycles. The highest BCUT2D eigenvalue weighted by atomic mass is 127. The topological polar surface area (TPSA) is 66.0 Å². The molecule has 3 rings (SSSR count). The monoisotopic (exact) mass is 500 g/mol. The zero-order chi connectivity index (χ0) is 19.3. The molecule has 0 bridgehead atoms. The second-order valence-corrected chi connectivity index (χ2v) is 7.81. The SMILES string of the molecule is CCNC(=NCC1(C(=O)N(C)C)CCCC1)NCC1Cc2ccccc2O1.I. The Labute approximate surface area is 185 Å². The Balaban J connectivity index is 0.00000280. The van der Waals surface area contributed by atoms with Gasteiger partial charge >= 0.3 is 0 Å². The van der Waals surface area contributed by atoms with Crippen LogP contribution in [0.25, 0.3) is 0 Å². The zero-order valence-corrected chi connectivity index (χ0v) is 19.5. The summed E-state index contributed by atoms with van der Waals surface area (Å²) in [7, 11) is 3.68. The van der Waals surface area contributed by atoms with E-state index in [9.17, 15) is 4.79 Å². The van der Waals surface area contributed by atoms with Crippen molar-refractivity contribution in [2.24, 2.45) is 10.4 Å². The lowest BCUT2D eigenvalue weighted by molar-refractivity contribution is -0.138. The van der Waals surface area contributed by atoms with Gasteiger partial charge in [-0.25, -0.2) is 0 Å². The van der Waals surface area contributed by atoms with Gasteiger partial charge in [-0.05, 0) is 31.4 Å². The third kappa shape index (κ3) is 5.30. The van der Waals surface area contributed by atoms with Crippen molar-refractivity contribution in [2.45, 2.75) is 45.1 Å². The van der Waals surface area contributed by atoms with E-state index >= 15 is 0 Å². The number of carbonyl (C=O) groups excluding carboxylic acids is 1. The Hall–Kier alpha value is -1.51. The lowest BCUT2D eigenvalue weighted by Crippen LogP contribution is -2.44. The molecular formula is C21H33IN4O2. The number of halogens is 1. The van der Waals surface area contributed by atoms with E-state index < -0.39 is 0 Å². The van der Waals surface area contributed by atoms with Gasteiger partial charge in [0.25, 0.3) is 0 Å². The van der Waals surface area contributed by atoms with Gasteiger partial charge in [0.05, 0.1) is 18.5 Å². The summed E-state index contributed by atoms with van der Waals surface area (Å²) in [5.41, 5.74) is 0.916. The normalized spacial score (nSPS) is 20.0. The van der Waals surface area contributed by atoms with Crippen molar-refractivity contribution in [3.8, 4) is 5.75 Å². The molecule has 2 aliphatic rings. The van der Waals surface area contributed by atoms with Gasteiger partial charge in [0.2, 0.25) is 5.91 Å². The largest absolute Gasteiger partial charge is 0.488 e. The van der Waals surface area contributed by atoms with Crippen LogP contribution in [0.5, 0.6) is 5.75 Å². The molecule has 1 unspecified atom stereocenters. The molecule has 1 saturated carbocycles. The van der Waals surface area contributed by atoms with Gasteiger partial charge in [0.15, 0.2) is 5.96 Å². The molecule has 156 valence electrons. The van der Waals surface area contributed by atoms with Crippen molar-refractivity contribution < 1.29 is 9.53 Å². The van der Waals surface area contributed by atoms with Crippen LogP contribution in [-0.4, -0.2) is 56.6 Å². The predicted molar refractivity (Wildman–Crippen MR) is 124 cm³/mol. The molecule has 1 aromatic carbocycles. The summed E-state index contributed by atoms with van der Waals surface area (Å²) in [6.45, 7) is 4.06. The quantitative estimate of drug-likeness (QED) is 0.358. The Morgan fingerprint density at radius 3 is 2.61 bits per heavy atom. The molecule has 1 amide bonds. The van der Waals surface area contributed by atoms with Crippen molar-refractivity contribution in [2.75, 3.05) is 33.7 Å². The lowest BCUT2D eigenvalue weighted by Gasteiger charge is -2.29. The van der Waals surface area contributed by atoms with Crippen LogP contribution in [0, 0.1) is 5.41 Å². The number of benzene rings is 1. The van der Waals surface area contributed by atoms with E-state index in [0.29, 0.717) is 13.1 Å². The van der Waals surface area contributed by atoms with Gasteiger partial charge < -0.3 is 20.3 Å². The predicted octanol–water partition coefficient (Wildman–Crippen LogP) is 2.81. The second-order valence-electron chi connectivity index (χ2n) is 7.81. The molecule has 0 radical (unpaired) electrons. The van der Waals surface area contributed by atoms with E-state index in [1.54, 1.807) is 4.90 Å². The van der Waals surface area contributed by atoms with Gasteiger partial charge in [-0.3, -0.25) is 9.79 Å². The van der Waals surface area contributed by atoms with E-state index in [4.69, 9.17) is 9.73 Å². The van der Waals surface area contributed by atoms with Crippen molar-refractivity contribution in [3.05, 3.63) is 29.8 Å². The average Bonchev–Trinajstić information content (AvgIpc) is 3.30. The molecule has 2 N–H and O–H groups in total. The fourth-order valence-electron chi connectivity index (χ4n) is 4.12. The number of nitrogens with one attached hydrogen (secondary N) is 2. The number of ether oxygens (including phenoxy) is 1. The number of aliphatic imine (C=N–C) groups is 1. The van der Waals surface area contributed by atoms with Crippen LogP contribution in [0.4, 0.5) is 0 Å². The van der Waals surface area contributed by atoms with E-state index in [2.05, 4.69) is 23.6 Å². The lowest BCUT2D eigenvalue weighted by atomic mass is 9.85. The van der Waals surface area contributed by atoms with Crippen LogP contribution in [0.15, 0.2) is 29.3 Å². The summed E-state index contributed by atoms with van der Waals surface area (Å²) in [4.78, 5) is 19.2. The summed E-state index contributed by atoms with van der Waals surface area (Å²) < 4.78 is 6.00. The fraction of sp³-hybridized carbons (Fsp3) is 0.619. The maximum Gasteiger partial charge on any atom is 0.230 e. The van der Waals surface area contributed by atoms with Crippen LogP contribution in [0.2, 0.25) is 0 Å². The average molecular weight is 500 g/mol. The number of amides is 1. The standard InChI is InChI=1S/C21H32N4O2.HI/c1-4-22-20(23-14-17-13-16-9-5-6-10-18(16)27-17)24-15-21(11-7-8-12-21)19(26)25(2)3;/h5-6,9-10,17H,4,7-8,11-15H2,1-3H3,(H2,22,23,24);1H. The third-order valence-corrected chi connectivity index (χ3v) is 5.52. The number of guanidine groups is 1. The Morgan fingerprint density at radius 1 is 1.25 bits per heavy atom. The van der Waals surface area contributed by atoms with Crippen LogP contribution in [0.3, 0.4) is 0 Å². The maximum atomic E-state index is 12.7. The smallest absolute Gasteiger partial charge is 0.230 e. The van der Waals surface area contributed by atoms with E-state index in [1.165, 1.54) is 5.56 Å². The van der Waals surface area contributed by atoms with E-state index in [1.807, 2.05) is 32.3 Å². The minimum Gasteiger partial charge on any atom is -0.488 e. The molecule has 28 heavy (non-hydrogen) atoms. The molecule has 1 aliphatic carbocycles. The summed E-state index contributed by atoms with van der Waals surface area (Å²) in [6, 6.07) is 8.19. The maximum absolute atomic E-state index is 12.7. The summed E-state index contributed by atoms with van der Waals surface area (Å²) in [6.07, 6.45) is 5.07. The number of hydrogen-bond acceptors (Lipinski definition) is 3. The molecule has 1 atom stereocenters. The first-order valence-electron chi connectivity index (χ1n) is 10.0. The van der Waals surface area contributed by atoms with Crippen LogP contribution in [0.1, 0.15) is 38.2 Å². The first-order valence-corrected chi connectivity index (χ1v) is 10.0. The van der Waals surface area contributed by atoms with Crippen LogP contribution < -0.4 is 15.4 Å². The molecule has 0 aromatic heterocycles. The highest BCUT2D eigenvalue weighted by Gasteiger charge is 2.42. The van der Waals surface area contributed by atoms with Gasteiger partial charge in [-0.2, -0.15) is 0 Å². The first-order chi connectivity index (χ1) is 13.0. The van der Waals surface area contributed by atoms with Crippen molar-refractivity contribution in [3.63, 3.8) is 0 Å². The Bertz CT molecular complexity index is 662. The number of hydrogen-bond donors (Lipinski definition) is 2. The number of nitrogens with zero attached hydrogens (tertiary/aromatic N) is 2. The van der Waals surface area contributed by atoms with E-state index in [0.717, 1.165) is 50.4 Å². The van der Waals surface area contributed by atoms with Crippen LogP contribution in [-0.2, 0) is 11.2 Å². The first kappa shape index (κ1) is 22.8. The molecule has 0 saturated heterocycles. The summed E-state index contributed by atoms with van der Waals surface area (Å²) in [5.74, 6) is 1.94. The van der Waals surface area contributed by atoms with Crippen molar-refractivity contribution in [1.82, 2.24) is 15.5 Å². The summed E-state index contributed by atoms with van der Waals surface area (Å²) in [5, 5.41) is 6.69. The van der Waals surface area contributed by atoms with Gasteiger partial charge in [-0.15, -0.1) is 24.0 Å². The highest BCUT2D eigenvalue weighted by molar-refractivity contribution is 14.0. The molecule has 7 heteroatoms. The van der Waals surface area contributed by atoms with Gasteiger partial charge in [0.1, 0.15) is 11.9 Å². The van der Waals surface area contributed by atoms with E-state index in [-0.39, 0.29) is 41.4 Å². The minimum absolute atomic E-state index is 0.